The first kappa shape index (κ1) is 15.8. The zero-order valence-electron chi connectivity index (χ0n) is 13.2. The molecule has 1 aromatic rings. The van der Waals surface area contributed by atoms with E-state index in [2.05, 4.69) is 37.4 Å². The van der Waals surface area contributed by atoms with Crippen molar-refractivity contribution in [2.45, 2.75) is 39.2 Å². The molecule has 2 rings (SSSR count). The summed E-state index contributed by atoms with van der Waals surface area (Å²) in [5.74, 6) is 1.10. The number of nitrogens with one attached hydrogen (secondary N) is 2. The van der Waals surface area contributed by atoms with Crippen molar-refractivity contribution in [3.63, 3.8) is 0 Å². The van der Waals surface area contributed by atoms with Crippen LogP contribution >= 0.6 is 0 Å². The molecular weight excluding hydrogens is 268 g/mol. The number of aromatic nitrogens is 3. The van der Waals surface area contributed by atoms with Crippen LogP contribution < -0.4 is 15.4 Å². The molecule has 2 heterocycles. The van der Waals surface area contributed by atoms with Gasteiger partial charge in [0.2, 0.25) is 11.9 Å². The lowest BCUT2D eigenvalue weighted by atomic mass is 10.1. The third kappa shape index (κ3) is 4.70. The van der Waals surface area contributed by atoms with Crippen LogP contribution in [0.1, 0.15) is 33.1 Å². The van der Waals surface area contributed by atoms with E-state index >= 15 is 0 Å². The number of ether oxygens (including phenoxy) is 1. The third-order valence-corrected chi connectivity index (χ3v) is 3.70. The number of methoxy groups -OCH3 is 1. The number of rotatable bonds is 7. The summed E-state index contributed by atoms with van der Waals surface area (Å²) in [5.41, 5.74) is 0. The summed E-state index contributed by atoms with van der Waals surface area (Å²) in [6.07, 6.45) is 3.95. The highest BCUT2D eigenvalue weighted by molar-refractivity contribution is 5.35. The van der Waals surface area contributed by atoms with Crippen LogP contribution in [0.25, 0.3) is 0 Å². The topological polar surface area (TPSA) is 75.2 Å². The van der Waals surface area contributed by atoms with Crippen LogP contribution in [0.2, 0.25) is 0 Å². The average Bonchev–Trinajstić information content (AvgIpc) is 2.53. The summed E-state index contributed by atoms with van der Waals surface area (Å²) in [6, 6.07) is 0.796. The molecule has 1 aliphatic heterocycles. The highest BCUT2D eigenvalue weighted by Crippen LogP contribution is 2.14. The maximum atomic E-state index is 5.11. The molecule has 1 aliphatic rings. The minimum atomic E-state index is 0.328. The van der Waals surface area contributed by atoms with Gasteiger partial charge in [-0.2, -0.15) is 15.0 Å². The van der Waals surface area contributed by atoms with E-state index < -0.39 is 0 Å². The maximum Gasteiger partial charge on any atom is 0.322 e. The average molecular weight is 294 g/mol. The molecule has 21 heavy (non-hydrogen) atoms. The number of piperidine rings is 1. The fraction of sp³-hybridized carbons (Fsp3) is 0.786. The van der Waals surface area contributed by atoms with Gasteiger partial charge in [-0.25, -0.2) is 0 Å². The van der Waals surface area contributed by atoms with Crippen molar-refractivity contribution in [1.82, 2.24) is 19.9 Å². The molecule has 0 aliphatic carbocycles. The molecule has 0 spiro atoms. The summed E-state index contributed by atoms with van der Waals surface area (Å²) in [5, 5.41) is 6.37. The first-order valence-corrected chi connectivity index (χ1v) is 7.74. The van der Waals surface area contributed by atoms with E-state index in [0.29, 0.717) is 23.9 Å². The molecule has 7 heteroatoms. The number of hydrogen-bond acceptors (Lipinski definition) is 7. The smallest absolute Gasteiger partial charge is 0.322 e. The van der Waals surface area contributed by atoms with Crippen molar-refractivity contribution >= 4 is 11.9 Å². The van der Waals surface area contributed by atoms with Crippen LogP contribution in [-0.4, -0.2) is 59.2 Å². The molecule has 0 amide bonds. The zero-order chi connectivity index (χ0) is 15.1. The van der Waals surface area contributed by atoms with E-state index in [0.717, 1.165) is 13.1 Å². The molecule has 0 aromatic carbocycles. The van der Waals surface area contributed by atoms with Gasteiger partial charge < -0.3 is 15.4 Å². The Morgan fingerprint density at radius 2 is 1.76 bits per heavy atom. The van der Waals surface area contributed by atoms with Gasteiger partial charge in [-0.15, -0.1) is 0 Å². The van der Waals surface area contributed by atoms with E-state index in [9.17, 15) is 0 Å². The maximum absolute atomic E-state index is 5.11. The Morgan fingerprint density at radius 3 is 2.38 bits per heavy atom. The number of nitrogens with zero attached hydrogens (tertiary/aromatic N) is 4. The van der Waals surface area contributed by atoms with Gasteiger partial charge in [0, 0.05) is 19.1 Å². The molecule has 1 atom stereocenters. The molecule has 1 aromatic heterocycles. The van der Waals surface area contributed by atoms with E-state index in [-0.39, 0.29) is 0 Å². The Morgan fingerprint density at radius 1 is 1.10 bits per heavy atom. The predicted octanol–water partition coefficient (Wildman–Crippen LogP) is 1.60. The van der Waals surface area contributed by atoms with E-state index in [4.69, 9.17) is 4.74 Å². The Kier molecular flexibility index (Phi) is 5.98. The van der Waals surface area contributed by atoms with E-state index in [1.807, 2.05) is 6.92 Å². The zero-order valence-corrected chi connectivity index (χ0v) is 13.2. The molecule has 0 saturated carbocycles. The van der Waals surface area contributed by atoms with Crippen molar-refractivity contribution in [1.29, 1.82) is 0 Å². The number of hydrogen-bond donors (Lipinski definition) is 2. The Labute approximate surface area is 126 Å². The highest BCUT2D eigenvalue weighted by Gasteiger charge is 2.17. The van der Waals surface area contributed by atoms with Gasteiger partial charge in [-0.3, -0.25) is 4.90 Å². The summed E-state index contributed by atoms with van der Waals surface area (Å²) in [7, 11) is 1.56. The summed E-state index contributed by atoms with van der Waals surface area (Å²) < 4.78 is 5.11. The van der Waals surface area contributed by atoms with E-state index in [1.165, 1.54) is 32.4 Å². The monoisotopic (exact) mass is 294 g/mol. The molecule has 1 saturated heterocycles. The summed E-state index contributed by atoms with van der Waals surface area (Å²) in [4.78, 5) is 15.2. The third-order valence-electron chi connectivity index (χ3n) is 3.70. The fourth-order valence-corrected chi connectivity index (χ4v) is 2.49. The molecule has 1 fully saturated rings. The second-order valence-electron chi connectivity index (χ2n) is 5.33. The van der Waals surface area contributed by atoms with Gasteiger partial charge in [-0.05, 0) is 39.8 Å². The summed E-state index contributed by atoms with van der Waals surface area (Å²) in [6.45, 7) is 8.19. The first-order chi connectivity index (χ1) is 10.2. The van der Waals surface area contributed by atoms with Crippen molar-refractivity contribution in [3.05, 3.63) is 0 Å². The molecule has 7 nitrogen and oxygen atoms in total. The van der Waals surface area contributed by atoms with Crippen LogP contribution in [0.5, 0.6) is 6.01 Å². The Hall–Kier alpha value is -1.63. The number of likely N-dealkylation sites (tertiary alicyclic amines) is 1. The van der Waals surface area contributed by atoms with Crippen LogP contribution in [0.15, 0.2) is 0 Å². The van der Waals surface area contributed by atoms with Gasteiger partial charge in [0.15, 0.2) is 0 Å². The second-order valence-corrected chi connectivity index (χ2v) is 5.33. The molecule has 0 bridgehead atoms. The van der Waals surface area contributed by atoms with Gasteiger partial charge in [0.1, 0.15) is 0 Å². The lowest BCUT2D eigenvalue weighted by molar-refractivity contribution is 0.180. The predicted molar refractivity (Wildman–Crippen MR) is 83.9 cm³/mol. The molecule has 1 unspecified atom stereocenters. The van der Waals surface area contributed by atoms with Crippen molar-refractivity contribution in [2.24, 2.45) is 0 Å². The van der Waals surface area contributed by atoms with Crippen LogP contribution in [0.3, 0.4) is 0 Å². The van der Waals surface area contributed by atoms with Crippen LogP contribution in [-0.2, 0) is 0 Å². The SMILES string of the molecule is CCNc1nc(NCC(C)N2CCCCC2)nc(OC)n1. The Balaban J connectivity index is 1.93. The highest BCUT2D eigenvalue weighted by atomic mass is 16.5. The van der Waals surface area contributed by atoms with Gasteiger partial charge in [0.25, 0.3) is 0 Å². The van der Waals surface area contributed by atoms with Crippen molar-refractivity contribution in [3.8, 4) is 6.01 Å². The van der Waals surface area contributed by atoms with E-state index in [1.54, 1.807) is 7.11 Å². The van der Waals surface area contributed by atoms with Gasteiger partial charge in [-0.1, -0.05) is 6.42 Å². The van der Waals surface area contributed by atoms with Crippen molar-refractivity contribution in [2.75, 3.05) is 43.9 Å². The molecular formula is C14H26N6O. The fourth-order valence-electron chi connectivity index (χ4n) is 2.49. The van der Waals surface area contributed by atoms with Gasteiger partial charge >= 0.3 is 6.01 Å². The standard InChI is InChI=1S/C14H26N6O/c1-4-15-12-17-13(19-14(18-12)21-3)16-10-11(2)20-8-6-5-7-9-20/h11H,4-10H2,1-3H3,(H2,15,16,17,18,19). The quantitative estimate of drug-likeness (QED) is 0.791. The van der Waals surface area contributed by atoms with Crippen LogP contribution in [0.4, 0.5) is 11.9 Å². The largest absolute Gasteiger partial charge is 0.467 e. The minimum absolute atomic E-state index is 0.328. The normalized spacial score (nSPS) is 17.3. The molecule has 118 valence electrons. The lowest BCUT2D eigenvalue weighted by Crippen LogP contribution is -2.41. The van der Waals surface area contributed by atoms with Gasteiger partial charge in [0.05, 0.1) is 7.11 Å². The first-order valence-electron chi connectivity index (χ1n) is 7.74. The minimum Gasteiger partial charge on any atom is -0.467 e. The number of anilines is 2. The Bertz CT molecular complexity index is 435. The second kappa shape index (κ2) is 7.97. The van der Waals surface area contributed by atoms with Crippen molar-refractivity contribution < 1.29 is 4.74 Å². The molecule has 2 N–H and O–H groups in total. The molecule has 0 radical (unpaired) electrons. The van der Waals surface area contributed by atoms with Crippen LogP contribution in [0, 0.1) is 0 Å². The summed E-state index contributed by atoms with van der Waals surface area (Å²) >= 11 is 0. The lowest BCUT2D eigenvalue weighted by Gasteiger charge is -2.32.